The molecule has 1 amide bonds. The minimum absolute atomic E-state index is 0.217. The normalized spacial score (nSPS) is 13.0. The Morgan fingerprint density at radius 2 is 1.96 bits per heavy atom. The summed E-state index contributed by atoms with van der Waals surface area (Å²) in [4.78, 5) is 16.3. The van der Waals surface area contributed by atoms with E-state index in [2.05, 4.69) is 10.3 Å². The molecule has 0 aliphatic carbocycles. The van der Waals surface area contributed by atoms with Crippen molar-refractivity contribution in [2.24, 2.45) is 0 Å². The zero-order valence-corrected chi connectivity index (χ0v) is 12.0. The van der Waals surface area contributed by atoms with Crippen molar-refractivity contribution in [3.05, 3.63) is 59.7 Å². The van der Waals surface area contributed by atoms with Crippen molar-refractivity contribution in [3.63, 3.8) is 0 Å². The standard InChI is InChI=1S/C17H12FN3O2/c18-14-7-9(19)1-2-11(14)10-3-4-12(17-20-5-6-23-17)15-13(10)8-21-16(15)22/h1-7H,8,19H2,(H,21,22). The third kappa shape index (κ3) is 2.07. The van der Waals surface area contributed by atoms with Gasteiger partial charge >= 0.3 is 0 Å². The molecule has 0 radical (unpaired) electrons. The maximum atomic E-state index is 14.3. The summed E-state index contributed by atoms with van der Waals surface area (Å²) in [5, 5.41) is 2.77. The highest BCUT2D eigenvalue weighted by molar-refractivity contribution is 6.05. The summed E-state index contributed by atoms with van der Waals surface area (Å²) >= 11 is 0. The molecule has 2 heterocycles. The first-order valence-electron chi connectivity index (χ1n) is 7.04. The molecule has 1 aliphatic heterocycles. The second-order valence-corrected chi connectivity index (χ2v) is 5.27. The molecule has 23 heavy (non-hydrogen) atoms. The maximum absolute atomic E-state index is 14.3. The number of amides is 1. The van der Waals surface area contributed by atoms with Gasteiger partial charge in [0.05, 0.1) is 17.3 Å². The number of nitrogen functional groups attached to an aromatic ring is 1. The van der Waals surface area contributed by atoms with Crippen molar-refractivity contribution in [1.82, 2.24) is 10.3 Å². The highest BCUT2D eigenvalue weighted by Crippen LogP contribution is 2.36. The fourth-order valence-corrected chi connectivity index (χ4v) is 2.88. The topological polar surface area (TPSA) is 81.2 Å². The van der Waals surface area contributed by atoms with Crippen LogP contribution in [0.5, 0.6) is 0 Å². The van der Waals surface area contributed by atoms with Gasteiger partial charge in [-0.25, -0.2) is 9.37 Å². The van der Waals surface area contributed by atoms with Crippen LogP contribution in [0, 0.1) is 5.82 Å². The van der Waals surface area contributed by atoms with Crippen LogP contribution in [-0.4, -0.2) is 10.9 Å². The van der Waals surface area contributed by atoms with Gasteiger partial charge in [0.2, 0.25) is 5.89 Å². The maximum Gasteiger partial charge on any atom is 0.252 e. The molecule has 114 valence electrons. The predicted octanol–water partition coefficient (Wildman–Crippen LogP) is 2.97. The number of hydrogen-bond acceptors (Lipinski definition) is 4. The van der Waals surface area contributed by atoms with Crippen molar-refractivity contribution in [2.45, 2.75) is 6.54 Å². The van der Waals surface area contributed by atoms with Gasteiger partial charge in [0.25, 0.3) is 5.91 Å². The van der Waals surface area contributed by atoms with E-state index in [1.54, 1.807) is 24.3 Å². The van der Waals surface area contributed by atoms with E-state index in [9.17, 15) is 9.18 Å². The SMILES string of the molecule is Nc1ccc(-c2ccc(-c3ncco3)c3c2CNC3=O)c(F)c1. The number of rotatable bonds is 2. The molecule has 0 fully saturated rings. The molecule has 1 aromatic heterocycles. The van der Waals surface area contributed by atoms with Crippen molar-refractivity contribution >= 4 is 11.6 Å². The predicted molar refractivity (Wildman–Crippen MR) is 82.9 cm³/mol. The molecule has 3 N–H and O–H groups in total. The van der Waals surface area contributed by atoms with Crippen LogP contribution in [0.1, 0.15) is 15.9 Å². The largest absolute Gasteiger partial charge is 0.445 e. The third-order valence-corrected chi connectivity index (χ3v) is 3.91. The number of anilines is 1. The average molecular weight is 309 g/mol. The van der Waals surface area contributed by atoms with Gasteiger partial charge in [-0.1, -0.05) is 6.07 Å². The zero-order valence-electron chi connectivity index (χ0n) is 12.0. The molecule has 0 atom stereocenters. The number of nitrogens with one attached hydrogen (secondary N) is 1. The highest BCUT2D eigenvalue weighted by Gasteiger charge is 2.28. The molecule has 0 saturated heterocycles. The van der Waals surface area contributed by atoms with Crippen molar-refractivity contribution in [2.75, 3.05) is 5.73 Å². The quantitative estimate of drug-likeness (QED) is 0.713. The van der Waals surface area contributed by atoms with E-state index < -0.39 is 5.82 Å². The second-order valence-electron chi connectivity index (χ2n) is 5.27. The molecule has 5 nitrogen and oxygen atoms in total. The molecule has 0 unspecified atom stereocenters. The van der Waals surface area contributed by atoms with Crippen LogP contribution in [0.25, 0.3) is 22.6 Å². The van der Waals surface area contributed by atoms with Crippen LogP contribution in [0.3, 0.4) is 0 Å². The zero-order chi connectivity index (χ0) is 16.0. The van der Waals surface area contributed by atoms with E-state index in [1.165, 1.54) is 18.5 Å². The molecule has 2 aromatic carbocycles. The summed E-state index contributed by atoms with van der Waals surface area (Å²) in [6.45, 7) is 0.335. The molecule has 6 heteroatoms. The van der Waals surface area contributed by atoms with Gasteiger partial charge in [0, 0.05) is 17.8 Å². The van der Waals surface area contributed by atoms with Crippen molar-refractivity contribution in [1.29, 1.82) is 0 Å². The average Bonchev–Trinajstić information content (AvgIpc) is 3.18. The molecule has 1 aliphatic rings. The minimum Gasteiger partial charge on any atom is -0.445 e. The summed E-state index contributed by atoms with van der Waals surface area (Å²) in [6.07, 6.45) is 2.96. The second kappa shape index (κ2) is 4.95. The first-order chi connectivity index (χ1) is 11.1. The van der Waals surface area contributed by atoms with E-state index >= 15 is 0 Å². The fourth-order valence-electron chi connectivity index (χ4n) is 2.88. The summed E-state index contributed by atoms with van der Waals surface area (Å²) in [6, 6.07) is 8.02. The van der Waals surface area contributed by atoms with Gasteiger partial charge < -0.3 is 15.5 Å². The molecule has 0 saturated carbocycles. The van der Waals surface area contributed by atoms with Gasteiger partial charge in [0.1, 0.15) is 12.1 Å². The lowest BCUT2D eigenvalue weighted by Crippen LogP contribution is -2.13. The number of halogens is 1. The van der Waals surface area contributed by atoms with Gasteiger partial charge in [-0.2, -0.15) is 0 Å². The van der Waals surface area contributed by atoms with Crippen molar-refractivity contribution in [3.8, 4) is 22.6 Å². The summed E-state index contributed by atoms with van der Waals surface area (Å²) in [5.41, 5.74) is 8.82. The van der Waals surface area contributed by atoms with E-state index in [0.29, 0.717) is 40.4 Å². The van der Waals surface area contributed by atoms with E-state index in [1.807, 2.05) is 0 Å². The molecule has 4 rings (SSSR count). The van der Waals surface area contributed by atoms with Crippen LogP contribution in [0.2, 0.25) is 0 Å². The van der Waals surface area contributed by atoms with Crippen LogP contribution in [0.4, 0.5) is 10.1 Å². The Hall–Kier alpha value is -3.15. The number of fused-ring (bicyclic) bond motifs is 1. The number of benzene rings is 2. The van der Waals surface area contributed by atoms with Crippen LogP contribution in [0.15, 0.2) is 47.2 Å². The molecule has 0 spiro atoms. The van der Waals surface area contributed by atoms with E-state index in [-0.39, 0.29) is 5.91 Å². The lowest BCUT2D eigenvalue weighted by atomic mass is 9.93. The molecular weight excluding hydrogens is 297 g/mol. The molecule has 3 aromatic rings. The highest BCUT2D eigenvalue weighted by atomic mass is 19.1. The number of nitrogens with two attached hydrogens (primary N) is 1. The van der Waals surface area contributed by atoms with Crippen molar-refractivity contribution < 1.29 is 13.6 Å². The van der Waals surface area contributed by atoms with Gasteiger partial charge in [0.15, 0.2) is 0 Å². The minimum atomic E-state index is -0.421. The number of oxazole rings is 1. The van der Waals surface area contributed by atoms with Gasteiger partial charge in [-0.15, -0.1) is 0 Å². The summed E-state index contributed by atoms with van der Waals surface area (Å²) in [7, 11) is 0. The Balaban J connectivity index is 1.96. The Labute approximate surface area is 131 Å². The van der Waals surface area contributed by atoms with Gasteiger partial charge in [-0.3, -0.25) is 4.79 Å². The Kier molecular flexibility index (Phi) is 2.90. The number of carbonyl (C=O) groups excluding carboxylic acids is 1. The lowest BCUT2D eigenvalue weighted by Gasteiger charge is -2.11. The smallest absolute Gasteiger partial charge is 0.252 e. The number of aromatic nitrogens is 1. The Morgan fingerprint density at radius 3 is 2.70 bits per heavy atom. The first kappa shape index (κ1) is 13.5. The van der Waals surface area contributed by atoms with E-state index in [4.69, 9.17) is 10.2 Å². The lowest BCUT2D eigenvalue weighted by molar-refractivity contribution is 0.0966. The Morgan fingerprint density at radius 1 is 1.17 bits per heavy atom. The first-order valence-corrected chi connectivity index (χ1v) is 7.04. The summed E-state index contributed by atoms with van der Waals surface area (Å²) in [5.74, 6) is -0.274. The Bertz CT molecular complexity index is 920. The number of nitrogens with zero attached hydrogens (tertiary/aromatic N) is 1. The van der Waals surface area contributed by atoms with Crippen LogP contribution < -0.4 is 11.1 Å². The monoisotopic (exact) mass is 309 g/mol. The van der Waals surface area contributed by atoms with Crippen LogP contribution >= 0.6 is 0 Å². The number of hydrogen-bond donors (Lipinski definition) is 2. The van der Waals surface area contributed by atoms with E-state index in [0.717, 1.165) is 5.56 Å². The number of carbonyl (C=O) groups is 1. The van der Waals surface area contributed by atoms with Gasteiger partial charge in [-0.05, 0) is 35.4 Å². The molecule has 0 bridgehead atoms. The molecular formula is C17H12FN3O2. The summed E-state index contributed by atoms with van der Waals surface area (Å²) < 4.78 is 19.6. The fraction of sp³-hybridized carbons (Fsp3) is 0.0588. The third-order valence-electron chi connectivity index (χ3n) is 3.91. The van der Waals surface area contributed by atoms with Crippen LogP contribution in [-0.2, 0) is 6.54 Å².